The molecule has 0 N–H and O–H groups in total. The second kappa shape index (κ2) is 5.44. The van der Waals surface area contributed by atoms with Crippen LogP contribution in [0.5, 0.6) is 0 Å². The van der Waals surface area contributed by atoms with Crippen LogP contribution in [0.15, 0.2) is 0 Å². The molecule has 21 heavy (non-hydrogen) atoms. The summed E-state index contributed by atoms with van der Waals surface area (Å²) in [7, 11) is 0. The van der Waals surface area contributed by atoms with E-state index in [0.717, 1.165) is 0 Å². The molecular weight excluding hydrogens is 274 g/mol. The SMILES string of the molecule is CC(C)(C)C1SC(C(C)(C)C)N(C(C)(C)C)C1C(C)(C)C. The second-order valence-corrected chi connectivity index (χ2v) is 12.3. The minimum atomic E-state index is 0.197. The van der Waals surface area contributed by atoms with E-state index in [4.69, 9.17) is 0 Å². The lowest BCUT2D eigenvalue weighted by Crippen LogP contribution is -2.58. The highest BCUT2D eigenvalue weighted by molar-refractivity contribution is 8.00. The topological polar surface area (TPSA) is 3.24 Å². The molecule has 0 amide bonds. The first-order valence-corrected chi connectivity index (χ1v) is 9.35. The van der Waals surface area contributed by atoms with Crippen LogP contribution in [-0.4, -0.2) is 27.1 Å². The van der Waals surface area contributed by atoms with Crippen molar-refractivity contribution in [3.05, 3.63) is 0 Å². The van der Waals surface area contributed by atoms with E-state index in [1.54, 1.807) is 0 Å². The fourth-order valence-electron chi connectivity index (χ4n) is 3.51. The molecule has 2 heteroatoms. The van der Waals surface area contributed by atoms with Crippen LogP contribution in [0.3, 0.4) is 0 Å². The van der Waals surface area contributed by atoms with Crippen LogP contribution in [-0.2, 0) is 0 Å². The fourth-order valence-corrected chi connectivity index (χ4v) is 5.87. The molecule has 1 heterocycles. The smallest absolute Gasteiger partial charge is 0.0617 e. The van der Waals surface area contributed by atoms with Gasteiger partial charge in [0.15, 0.2) is 0 Å². The van der Waals surface area contributed by atoms with E-state index in [2.05, 4.69) is 99.7 Å². The first kappa shape index (κ1) is 19.4. The lowest BCUT2D eigenvalue weighted by molar-refractivity contribution is -0.0141. The highest BCUT2D eigenvalue weighted by atomic mass is 32.2. The van der Waals surface area contributed by atoms with Crippen molar-refractivity contribution < 1.29 is 0 Å². The molecule has 126 valence electrons. The molecule has 0 aromatic heterocycles. The molecule has 1 nitrogen and oxygen atoms in total. The summed E-state index contributed by atoms with van der Waals surface area (Å²) in [6, 6.07) is 0.603. The molecule has 1 aliphatic heterocycles. The third-order valence-corrected chi connectivity index (χ3v) is 6.82. The molecule has 3 atom stereocenters. The van der Waals surface area contributed by atoms with Gasteiger partial charge in [-0.2, -0.15) is 0 Å². The Morgan fingerprint density at radius 2 is 1.05 bits per heavy atom. The summed E-state index contributed by atoms with van der Waals surface area (Å²) >= 11 is 2.22. The van der Waals surface area contributed by atoms with Gasteiger partial charge in [0.05, 0.1) is 5.37 Å². The van der Waals surface area contributed by atoms with Crippen LogP contribution in [0.4, 0.5) is 0 Å². The van der Waals surface area contributed by atoms with Crippen molar-refractivity contribution >= 4 is 11.8 Å². The van der Waals surface area contributed by atoms with E-state index < -0.39 is 0 Å². The Balaban J connectivity index is 3.42. The van der Waals surface area contributed by atoms with Gasteiger partial charge in [0.1, 0.15) is 0 Å². The average molecular weight is 314 g/mol. The Morgan fingerprint density at radius 3 is 1.29 bits per heavy atom. The maximum Gasteiger partial charge on any atom is 0.0617 e. The van der Waals surface area contributed by atoms with Gasteiger partial charge in [-0.05, 0) is 37.0 Å². The fraction of sp³-hybridized carbons (Fsp3) is 1.00. The van der Waals surface area contributed by atoms with Crippen molar-refractivity contribution in [3.8, 4) is 0 Å². The molecule has 0 aromatic rings. The van der Waals surface area contributed by atoms with Gasteiger partial charge in [-0.15, -0.1) is 11.8 Å². The normalized spacial score (nSPS) is 30.0. The van der Waals surface area contributed by atoms with Crippen molar-refractivity contribution in [1.82, 2.24) is 4.90 Å². The maximum atomic E-state index is 2.83. The van der Waals surface area contributed by atoms with E-state index >= 15 is 0 Å². The Morgan fingerprint density at radius 1 is 0.619 bits per heavy atom. The van der Waals surface area contributed by atoms with Gasteiger partial charge in [-0.3, -0.25) is 4.90 Å². The minimum absolute atomic E-state index is 0.197. The van der Waals surface area contributed by atoms with Crippen molar-refractivity contribution in [1.29, 1.82) is 0 Å². The number of hydrogen-bond acceptors (Lipinski definition) is 2. The van der Waals surface area contributed by atoms with E-state index in [1.807, 2.05) is 0 Å². The molecule has 0 saturated carbocycles. The monoisotopic (exact) mass is 313 g/mol. The van der Waals surface area contributed by atoms with Gasteiger partial charge < -0.3 is 0 Å². The zero-order valence-electron chi connectivity index (χ0n) is 16.6. The Bertz CT molecular complexity index is 323. The summed E-state index contributed by atoms with van der Waals surface area (Å²) in [4.78, 5) is 2.83. The van der Waals surface area contributed by atoms with Crippen molar-refractivity contribution in [2.75, 3.05) is 0 Å². The van der Waals surface area contributed by atoms with Gasteiger partial charge >= 0.3 is 0 Å². The van der Waals surface area contributed by atoms with Gasteiger partial charge in [0.2, 0.25) is 0 Å². The van der Waals surface area contributed by atoms with Crippen LogP contribution in [0, 0.1) is 16.2 Å². The molecule has 1 saturated heterocycles. The third kappa shape index (κ3) is 4.19. The Kier molecular flexibility index (Phi) is 5.01. The van der Waals surface area contributed by atoms with Crippen LogP contribution < -0.4 is 0 Å². The molecule has 3 unspecified atom stereocenters. The van der Waals surface area contributed by atoms with E-state index in [0.29, 0.717) is 27.5 Å². The number of hydrogen-bond donors (Lipinski definition) is 0. The lowest BCUT2D eigenvalue weighted by Gasteiger charge is -2.50. The summed E-state index contributed by atoms with van der Waals surface area (Å²) < 4.78 is 0. The Labute approximate surface area is 138 Å². The summed E-state index contributed by atoms with van der Waals surface area (Å²) in [6.45, 7) is 28.8. The van der Waals surface area contributed by atoms with Crippen LogP contribution in [0.1, 0.15) is 83.1 Å². The molecule has 1 fully saturated rings. The number of thioether (sulfide) groups is 1. The molecule has 0 aliphatic carbocycles. The zero-order valence-corrected chi connectivity index (χ0v) is 17.4. The molecule has 0 spiro atoms. The molecule has 1 aliphatic rings. The average Bonchev–Trinajstić information content (AvgIpc) is 2.52. The molecule has 0 bridgehead atoms. The van der Waals surface area contributed by atoms with E-state index in [9.17, 15) is 0 Å². The standard InChI is InChI=1S/C19H39NS/c1-16(2,3)13-14(17(4,5)6)21-15(18(7,8)9)20(13)19(10,11)12/h13-15H,1-12H3. The summed E-state index contributed by atoms with van der Waals surface area (Å²) in [6.07, 6.45) is 0. The minimum Gasteiger partial charge on any atom is -0.281 e. The first-order valence-electron chi connectivity index (χ1n) is 8.41. The largest absolute Gasteiger partial charge is 0.281 e. The highest BCUT2D eigenvalue weighted by Crippen LogP contribution is 2.56. The van der Waals surface area contributed by atoms with Gasteiger partial charge in [-0.25, -0.2) is 0 Å². The van der Waals surface area contributed by atoms with Crippen molar-refractivity contribution in [2.45, 2.75) is 105 Å². The van der Waals surface area contributed by atoms with E-state index in [-0.39, 0.29) is 11.0 Å². The third-order valence-electron chi connectivity index (χ3n) is 4.37. The second-order valence-electron chi connectivity index (χ2n) is 11.0. The summed E-state index contributed by atoms with van der Waals surface area (Å²) in [5, 5.41) is 1.24. The van der Waals surface area contributed by atoms with Crippen LogP contribution in [0.2, 0.25) is 0 Å². The quantitative estimate of drug-likeness (QED) is 0.536. The predicted molar refractivity (Wildman–Crippen MR) is 98.9 cm³/mol. The van der Waals surface area contributed by atoms with Crippen molar-refractivity contribution in [3.63, 3.8) is 0 Å². The highest BCUT2D eigenvalue weighted by Gasteiger charge is 2.56. The molecule has 0 aromatic carbocycles. The van der Waals surface area contributed by atoms with Gasteiger partial charge in [-0.1, -0.05) is 62.3 Å². The number of rotatable bonds is 0. The van der Waals surface area contributed by atoms with Gasteiger partial charge in [0, 0.05) is 16.8 Å². The van der Waals surface area contributed by atoms with Crippen LogP contribution >= 0.6 is 11.8 Å². The van der Waals surface area contributed by atoms with Crippen LogP contribution in [0.25, 0.3) is 0 Å². The molecule has 0 radical (unpaired) electrons. The van der Waals surface area contributed by atoms with Gasteiger partial charge in [0.25, 0.3) is 0 Å². The Hall–Kier alpha value is 0.310. The summed E-state index contributed by atoms with van der Waals surface area (Å²) in [5.41, 5.74) is 1.11. The zero-order chi connectivity index (χ0) is 17.0. The maximum absolute atomic E-state index is 2.83. The lowest BCUT2D eigenvalue weighted by atomic mass is 9.74. The summed E-state index contributed by atoms with van der Waals surface area (Å²) in [5.74, 6) is 0. The molecular formula is C19H39NS. The number of nitrogens with zero attached hydrogens (tertiary/aromatic N) is 1. The van der Waals surface area contributed by atoms with E-state index in [1.165, 1.54) is 0 Å². The molecule has 1 rings (SSSR count). The van der Waals surface area contributed by atoms with Crippen molar-refractivity contribution in [2.24, 2.45) is 16.2 Å². The predicted octanol–water partition coefficient (Wildman–Crippen LogP) is 6.04. The first-order chi connectivity index (χ1) is 8.97.